The van der Waals surface area contributed by atoms with Gasteiger partial charge in [0.05, 0.1) is 0 Å². The molecule has 1 N–H and O–H groups in total. The second-order valence-corrected chi connectivity index (χ2v) is 4.94. The van der Waals surface area contributed by atoms with E-state index in [1.807, 2.05) is 0 Å². The Morgan fingerprint density at radius 1 is 1.28 bits per heavy atom. The van der Waals surface area contributed by atoms with Gasteiger partial charge in [0.15, 0.2) is 11.6 Å². The van der Waals surface area contributed by atoms with Crippen LogP contribution in [0.15, 0.2) is 4.42 Å². The van der Waals surface area contributed by atoms with E-state index in [0.717, 1.165) is 25.9 Å². The lowest BCUT2D eigenvalue weighted by atomic mass is 9.98. The second kappa shape index (κ2) is 4.91. The minimum Gasteiger partial charge on any atom is -0.444 e. The number of hydrogen-bond acceptors (Lipinski definition) is 3. The van der Waals surface area contributed by atoms with Crippen molar-refractivity contribution in [1.82, 2.24) is 10.3 Å². The maximum absolute atomic E-state index is 12.9. The summed E-state index contributed by atoms with van der Waals surface area (Å²) >= 11 is 0. The molecular formula is C12H17F3N2O. The molecule has 1 aromatic rings. The molecule has 0 amide bonds. The summed E-state index contributed by atoms with van der Waals surface area (Å²) in [6.45, 7) is 4.96. The predicted molar refractivity (Wildman–Crippen MR) is 60.4 cm³/mol. The molecule has 102 valence electrons. The molecule has 0 bridgehead atoms. The highest BCUT2D eigenvalue weighted by Crippen LogP contribution is 2.37. The summed E-state index contributed by atoms with van der Waals surface area (Å²) in [6.07, 6.45) is -2.89. The first-order valence-electron chi connectivity index (χ1n) is 6.18. The summed E-state index contributed by atoms with van der Waals surface area (Å²) < 4.78 is 43.9. The van der Waals surface area contributed by atoms with Crippen molar-refractivity contribution < 1.29 is 17.6 Å². The molecule has 1 aromatic heterocycles. The average molecular weight is 262 g/mol. The van der Waals surface area contributed by atoms with Crippen molar-refractivity contribution in [2.75, 3.05) is 13.1 Å². The average Bonchev–Trinajstić information content (AvgIpc) is 2.74. The smallest absolute Gasteiger partial charge is 0.436 e. The quantitative estimate of drug-likeness (QED) is 0.888. The van der Waals surface area contributed by atoms with Gasteiger partial charge in [0.2, 0.25) is 0 Å². The van der Waals surface area contributed by atoms with Crippen molar-refractivity contribution in [1.29, 1.82) is 0 Å². The maximum Gasteiger partial charge on any atom is 0.436 e. The first-order chi connectivity index (χ1) is 8.39. The fourth-order valence-electron chi connectivity index (χ4n) is 2.19. The molecule has 3 nitrogen and oxygen atoms in total. The first kappa shape index (κ1) is 13.4. The minimum absolute atomic E-state index is 0.000139. The molecule has 2 heterocycles. The van der Waals surface area contributed by atoms with Crippen molar-refractivity contribution in [2.24, 2.45) is 0 Å². The van der Waals surface area contributed by atoms with Crippen LogP contribution in [0.3, 0.4) is 0 Å². The molecule has 0 saturated carbocycles. The Labute approximate surface area is 104 Å². The number of nitrogens with zero attached hydrogens (tertiary/aromatic N) is 1. The van der Waals surface area contributed by atoms with Gasteiger partial charge in [0.1, 0.15) is 5.76 Å². The van der Waals surface area contributed by atoms with Crippen LogP contribution < -0.4 is 5.32 Å². The van der Waals surface area contributed by atoms with E-state index < -0.39 is 11.9 Å². The Hall–Kier alpha value is -1.04. The van der Waals surface area contributed by atoms with E-state index in [9.17, 15) is 13.2 Å². The third-order valence-corrected chi connectivity index (χ3v) is 3.15. The van der Waals surface area contributed by atoms with Crippen LogP contribution in [0.1, 0.15) is 55.9 Å². The molecular weight excluding hydrogens is 245 g/mol. The summed E-state index contributed by atoms with van der Waals surface area (Å²) in [5.74, 6) is -0.118. The summed E-state index contributed by atoms with van der Waals surface area (Å²) in [5.41, 5.74) is -0.856. The highest BCUT2D eigenvalue weighted by atomic mass is 19.4. The number of hydrogen-bond donors (Lipinski definition) is 1. The van der Waals surface area contributed by atoms with Gasteiger partial charge in [-0.2, -0.15) is 13.2 Å². The van der Waals surface area contributed by atoms with Gasteiger partial charge in [-0.05, 0) is 25.9 Å². The fourth-order valence-corrected chi connectivity index (χ4v) is 2.19. The summed E-state index contributed by atoms with van der Waals surface area (Å²) in [7, 11) is 0. The fraction of sp³-hybridized carbons (Fsp3) is 0.750. The van der Waals surface area contributed by atoms with Crippen LogP contribution in [0.25, 0.3) is 0 Å². The lowest BCUT2D eigenvalue weighted by Gasteiger charge is -2.19. The van der Waals surface area contributed by atoms with Gasteiger partial charge >= 0.3 is 6.18 Å². The number of aromatic nitrogens is 1. The topological polar surface area (TPSA) is 38.1 Å². The van der Waals surface area contributed by atoms with Gasteiger partial charge in [-0.3, -0.25) is 0 Å². The van der Waals surface area contributed by atoms with Crippen molar-refractivity contribution in [3.05, 3.63) is 17.3 Å². The van der Waals surface area contributed by atoms with Gasteiger partial charge in [-0.15, -0.1) is 0 Å². The molecule has 2 rings (SSSR count). The Bertz CT molecular complexity index is 406. The van der Waals surface area contributed by atoms with Crippen LogP contribution in [0.2, 0.25) is 0 Å². The van der Waals surface area contributed by atoms with Crippen molar-refractivity contribution in [3.8, 4) is 0 Å². The van der Waals surface area contributed by atoms with Crippen LogP contribution in [-0.2, 0) is 6.18 Å². The van der Waals surface area contributed by atoms with E-state index in [0.29, 0.717) is 0 Å². The molecule has 6 heteroatoms. The molecule has 0 aliphatic carbocycles. The zero-order valence-electron chi connectivity index (χ0n) is 10.5. The van der Waals surface area contributed by atoms with Gasteiger partial charge < -0.3 is 9.73 Å². The monoisotopic (exact) mass is 262 g/mol. The third kappa shape index (κ3) is 2.68. The molecule has 0 unspecified atom stereocenters. The van der Waals surface area contributed by atoms with Crippen LogP contribution in [0.5, 0.6) is 0 Å². The van der Waals surface area contributed by atoms with Gasteiger partial charge in [-0.1, -0.05) is 13.8 Å². The first-order valence-corrected chi connectivity index (χ1v) is 6.18. The van der Waals surface area contributed by atoms with Crippen molar-refractivity contribution >= 4 is 0 Å². The van der Waals surface area contributed by atoms with Crippen LogP contribution in [0, 0.1) is 0 Å². The molecule has 1 aliphatic rings. The number of alkyl halides is 3. The number of oxazole rings is 1. The zero-order valence-corrected chi connectivity index (χ0v) is 10.5. The maximum atomic E-state index is 12.9. The van der Waals surface area contributed by atoms with Crippen molar-refractivity contribution in [3.63, 3.8) is 0 Å². The van der Waals surface area contributed by atoms with Gasteiger partial charge in [0.25, 0.3) is 0 Å². The molecule has 0 radical (unpaired) electrons. The highest BCUT2D eigenvalue weighted by molar-refractivity contribution is 5.18. The molecule has 0 atom stereocenters. The number of nitrogens with one attached hydrogen (secondary N) is 1. The van der Waals surface area contributed by atoms with Crippen LogP contribution in [0.4, 0.5) is 13.2 Å². The largest absolute Gasteiger partial charge is 0.444 e. The van der Waals surface area contributed by atoms with Crippen LogP contribution in [-0.4, -0.2) is 18.1 Å². The molecule has 1 aliphatic heterocycles. The Kier molecular flexibility index (Phi) is 3.66. The van der Waals surface area contributed by atoms with E-state index >= 15 is 0 Å². The Morgan fingerprint density at radius 3 is 2.33 bits per heavy atom. The van der Waals surface area contributed by atoms with E-state index in [1.165, 1.54) is 0 Å². The lowest BCUT2D eigenvalue weighted by Crippen LogP contribution is -2.26. The molecule has 0 spiro atoms. The molecule has 1 fully saturated rings. The lowest BCUT2D eigenvalue weighted by molar-refractivity contribution is -0.142. The van der Waals surface area contributed by atoms with E-state index in [1.54, 1.807) is 13.8 Å². The summed E-state index contributed by atoms with van der Waals surface area (Å²) in [4.78, 5) is 3.71. The van der Waals surface area contributed by atoms with E-state index in [4.69, 9.17) is 4.42 Å². The van der Waals surface area contributed by atoms with Crippen molar-refractivity contribution in [2.45, 2.75) is 44.7 Å². The SMILES string of the molecule is CC(C)c1oc(C2CCNCC2)nc1C(F)(F)F. The zero-order chi connectivity index (χ0) is 13.3. The third-order valence-electron chi connectivity index (χ3n) is 3.15. The standard InChI is InChI=1S/C12H17F3N2O/c1-7(2)9-10(12(13,14)15)17-11(18-9)8-3-5-16-6-4-8/h7-8,16H,3-6H2,1-2H3. The van der Waals surface area contributed by atoms with Crippen LogP contribution >= 0.6 is 0 Å². The summed E-state index contributed by atoms with van der Waals surface area (Å²) in [5, 5.41) is 3.17. The molecule has 0 aromatic carbocycles. The van der Waals surface area contributed by atoms with E-state index in [-0.39, 0.29) is 23.5 Å². The number of piperidine rings is 1. The Balaban J connectivity index is 2.32. The predicted octanol–water partition coefficient (Wildman–Crippen LogP) is 3.28. The number of rotatable bonds is 2. The Morgan fingerprint density at radius 2 is 1.89 bits per heavy atom. The summed E-state index contributed by atoms with van der Waals surface area (Å²) in [6, 6.07) is 0. The second-order valence-electron chi connectivity index (χ2n) is 4.94. The van der Waals surface area contributed by atoms with Gasteiger partial charge in [0, 0.05) is 11.8 Å². The minimum atomic E-state index is -4.44. The highest BCUT2D eigenvalue weighted by Gasteiger charge is 2.40. The van der Waals surface area contributed by atoms with Gasteiger partial charge in [-0.25, -0.2) is 4.98 Å². The molecule has 18 heavy (non-hydrogen) atoms. The van der Waals surface area contributed by atoms with E-state index in [2.05, 4.69) is 10.3 Å². The number of halogens is 3. The normalized spacial score (nSPS) is 18.6. The molecule has 1 saturated heterocycles.